The van der Waals surface area contributed by atoms with E-state index in [1.165, 1.54) is 5.56 Å². The van der Waals surface area contributed by atoms with E-state index in [0.717, 1.165) is 19.3 Å². The molecule has 1 saturated heterocycles. The van der Waals surface area contributed by atoms with Gasteiger partial charge in [-0.15, -0.1) is 0 Å². The zero-order chi connectivity index (χ0) is 20.0. The highest BCUT2D eigenvalue weighted by Gasteiger charge is 2.33. The van der Waals surface area contributed by atoms with Gasteiger partial charge in [-0.2, -0.15) is 0 Å². The molecule has 0 aromatic heterocycles. The number of sulfone groups is 1. The molecule has 3 rings (SSSR count). The number of hydrogen-bond acceptors (Lipinski definition) is 3. The van der Waals surface area contributed by atoms with E-state index in [1.54, 1.807) is 29.2 Å². The molecule has 1 fully saturated rings. The molecule has 0 saturated carbocycles. The number of nitrogens with zero attached hydrogens (tertiary/aromatic N) is 1. The molecule has 0 radical (unpaired) electrons. The van der Waals surface area contributed by atoms with Gasteiger partial charge in [-0.25, -0.2) is 8.42 Å². The molecule has 28 heavy (non-hydrogen) atoms. The Bertz CT molecular complexity index is 899. The Kier molecular flexibility index (Phi) is 7.13. The zero-order valence-corrected chi connectivity index (χ0v) is 17.5. The van der Waals surface area contributed by atoms with E-state index in [4.69, 9.17) is 11.6 Å². The van der Waals surface area contributed by atoms with Gasteiger partial charge >= 0.3 is 0 Å². The van der Waals surface area contributed by atoms with Crippen LogP contribution in [0.5, 0.6) is 0 Å². The maximum absolute atomic E-state index is 12.7. The molecule has 1 atom stereocenters. The molecular formula is C22H26ClNO3S. The lowest BCUT2D eigenvalue weighted by Crippen LogP contribution is -2.33. The summed E-state index contributed by atoms with van der Waals surface area (Å²) in [7, 11) is -3.34. The minimum atomic E-state index is -3.34. The van der Waals surface area contributed by atoms with Crippen molar-refractivity contribution in [1.29, 1.82) is 0 Å². The van der Waals surface area contributed by atoms with Gasteiger partial charge in [-0.1, -0.05) is 60.1 Å². The summed E-state index contributed by atoms with van der Waals surface area (Å²) in [5.41, 5.74) is 1.92. The molecule has 1 heterocycles. The number of carbonyl (C=O) groups excluding carboxylic acids is 1. The third-order valence-electron chi connectivity index (χ3n) is 5.29. The fourth-order valence-electron chi connectivity index (χ4n) is 3.69. The van der Waals surface area contributed by atoms with Crippen molar-refractivity contribution < 1.29 is 13.2 Å². The topological polar surface area (TPSA) is 54.5 Å². The highest BCUT2D eigenvalue weighted by atomic mass is 35.5. The standard InChI is InChI=1S/C22H26ClNO3S/c23-20-12-6-5-11-19(20)21-14-15-24(16-17-28(21,26)27)22(25)13-7-4-10-18-8-2-1-3-9-18/h1-3,5-6,8-9,11-12,21H,4,7,10,13-17H2. The Morgan fingerprint density at radius 3 is 2.46 bits per heavy atom. The molecule has 1 amide bonds. The van der Waals surface area contributed by atoms with Crippen LogP contribution in [-0.4, -0.2) is 38.1 Å². The van der Waals surface area contributed by atoms with Crippen molar-refractivity contribution in [2.75, 3.05) is 18.8 Å². The smallest absolute Gasteiger partial charge is 0.222 e. The Morgan fingerprint density at radius 1 is 1.00 bits per heavy atom. The molecule has 0 bridgehead atoms. The Morgan fingerprint density at radius 2 is 1.71 bits per heavy atom. The van der Waals surface area contributed by atoms with E-state index < -0.39 is 15.1 Å². The third kappa shape index (κ3) is 5.36. The number of amides is 1. The zero-order valence-electron chi connectivity index (χ0n) is 15.9. The Balaban J connectivity index is 1.55. The van der Waals surface area contributed by atoms with Crippen LogP contribution in [0, 0.1) is 0 Å². The first-order valence-electron chi connectivity index (χ1n) is 9.75. The van der Waals surface area contributed by atoms with E-state index in [-0.39, 0.29) is 18.2 Å². The second kappa shape index (κ2) is 9.57. The van der Waals surface area contributed by atoms with Gasteiger partial charge in [0.15, 0.2) is 9.84 Å². The van der Waals surface area contributed by atoms with E-state index in [2.05, 4.69) is 12.1 Å². The largest absolute Gasteiger partial charge is 0.342 e. The molecule has 1 unspecified atom stereocenters. The number of aryl methyl sites for hydroxylation is 1. The van der Waals surface area contributed by atoms with Gasteiger partial charge in [0.05, 0.1) is 11.0 Å². The quantitative estimate of drug-likeness (QED) is 0.650. The number of unbranched alkanes of at least 4 members (excludes halogenated alkanes) is 1. The number of carbonyl (C=O) groups is 1. The molecule has 2 aromatic rings. The van der Waals surface area contributed by atoms with E-state index in [0.29, 0.717) is 30.0 Å². The summed E-state index contributed by atoms with van der Waals surface area (Å²) in [4.78, 5) is 14.3. The van der Waals surface area contributed by atoms with Crippen molar-refractivity contribution in [1.82, 2.24) is 4.90 Å². The Labute approximate surface area is 172 Å². The van der Waals surface area contributed by atoms with Gasteiger partial charge in [0.25, 0.3) is 0 Å². The normalized spacial score (nSPS) is 19.2. The summed E-state index contributed by atoms with van der Waals surface area (Å²) in [5.74, 6) is 0.0293. The average molecular weight is 420 g/mol. The lowest BCUT2D eigenvalue weighted by Gasteiger charge is -2.20. The monoisotopic (exact) mass is 419 g/mol. The van der Waals surface area contributed by atoms with Crippen molar-refractivity contribution >= 4 is 27.3 Å². The molecule has 1 aliphatic rings. The highest BCUT2D eigenvalue weighted by molar-refractivity contribution is 7.91. The van der Waals surface area contributed by atoms with Gasteiger partial charge in [-0.3, -0.25) is 4.79 Å². The number of hydrogen-bond donors (Lipinski definition) is 0. The summed E-state index contributed by atoms with van der Waals surface area (Å²) in [5, 5.41) is -0.172. The molecular weight excluding hydrogens is 394 g/mol. The molecule has 6 heteroatoms. The minimum Gasteiger partial charge on any atom is -0.342 e. The molecule has 1 aliphatic heterocycles. The maximum Gasteiger partial charge on any atom is 0.222 e. The van der Waals surface area contributed by atoms with Crippen molar-refractivity contribution in [3.63, 3.8) is 0 Å². The predicted molar refractivity (Wildman–Crippen MR) is 113 cm³/mol. The van der Waals surface area contributed by atoms with Crippen LogP contribution < -0.4 is 0 Å². The van der Waals surface area contributed by atoms with Crippen LogP contribution in [0.15, 0.2) is 54.6 Å². The molecule has 0 spiro atoms. The van der Waals surface area contributed by atoms with Crippen LogP contribution in [-0.2, 0) is 21.1 Å². The first-order chi connectivity index (χ1) is 13.5. The molecule has 0 N–H and O–H groups in total. The summed E-state index contributed by atoms with van der Waals surface area (Å²) in [6.45, 7) is 0.716. The number of rotatable bonds is 6. The second-order valence-electron chi connectivity index (χ2n) is 7.24. The first kappa shape index (κ1) is 20.9. The van der Waals surface area contributed by atoms with Gasteiger partial charge < -0.3 is 4.90 Å². The summed E-state index contributed by atoms with van der Waals surface area (Å²) in [6, 6.07) is 17.3. The summed E-state index contributed by atoms with van der Waals surface area (Å²) < 4.78 is 25.5. The van der Waals surface area contributed by atoms with Crippen molar-refractivity contribution in [2.24, 2.45) is 0 Å². The number of benzene rings is 2. The van der Waals surface area contributed by atoms with E-state index in [1.807, 2.05) is 18.2 Å². The average Bonchev–Trinajstić information content (AvgIpc) is 2.84. The fourth-order valence-corrected chi connectivity index (χ4v) is 5.84. The predicted octanol–water partition coefficient (Wildman–Crippen LogP) is 4.44. The lowest BCUT2D eigenvalue weighted by atomic mass is 10.1. The molecule has 2 aromatic carbocycles. The minimum absolute atomic E-state index is 0.0152. The second-order valence-corrected chi connectivity index (χ2v) is 9.95. The molecule has 4 nitrogen and oxygen atoms in total. The Hall–Kier alpha value is -1.85. The highest BCUT2D eigenvalue weighted by Crippen LogP contribution is 2.33. The van der Waals surface area contributed by atoms with E-state index >= 15 is 0 Å². The molecule has 0 aliphatic carbocycles. The van der Waals surface area contributed by atoms with E-state index in [9.17, 15) is 13.2 Å². The van der Waals surface area contributed by atoms with Crippen molar-refractivity contribution in [2.45, 2.75) is 37.4 Å². The van der Waals surface area contributed by atoms with Gasteiger partial charge in [0.2, 0.25) is 5.91 Å². The summed E-state index contributed by atoms with van der Waals surface area (Å²) in [6.07, 6.45) is 3.57. The first-order valence-corrected chi connectivity index (χ1v) is 11.8. The van der Waals surface area contributed by atoms with Crippen molar-refractivity contribution in [3.05, 3.63) is 70.7 Å². The van der Waals surface area contributed by atoms with Crippen LogP contribution in [0.4, 0.5) is 0 Å². The van der Waals surface area contributed by atoms with Gasteiger partial charge in [0.1, 0.15) is 0 Å². The van der Waals surface area contributed by atoms with Crippen LogP contribution >= 0.6 is 11.6 Å². The van der Waals surface area contributed by atoms with Gasteiger partial charge in [-0.05, 0) is 42.9 Å². The van der Waals surface area contributed by atoms with Crippen LogP contribution in [0.25, 0.3) is 0 Å². The van der Waals surface area contributed by atoms with Crippen molar-refractivity contribution in [3.8, 4) is 0 Å². The fraction of sp³-hybridized carbons (Fsp3) is 0.409. The van der Waals surface area contributed by atoms with Gasteiger partial charge in [0, 0.05) is 24.5 Å². The van der Waals surface area contributed by atoms with Crippen LogP contribution in [0.2, 0.25) is 5.02 Å². The SMILES string of the molecule is O=C(CCCCc1ccccc1)N1CCC(c2ccccc2Cl)S(=O)(=O)CC1. The lowest BCUT2D eigenvalue weighted by molar-refractivity contribution is -0.131. The van der Waals surface area contributed by atoms with Crippen LogP contribution in [0.1, 0.15) is 42.1 Å². The third-order valence-corrected chi connectivity index (χ3v) is 7.75. The van der Waals surface area contributed by atoms with Crippen LogP contribution in [0.3, 0.4) is 0 Å². The molecule has 150 valence electrons. The number of halogens is 1. The maximum atomic E-state index is 12.7. The summed E-state index contributed by atoms with van der Waals surface area (Å²) >= 11 is 6.23.